The predicted octanol–water partition coefficient (Wildman–Crippen LogP) is 5.03. The summed E-state index contributed by atoms with van der Waals surface area (Å²) in [6, 6.07) is 11.2. The van der Waals surface area contributed by atoms with Crippen molar-refractivity contribution in [3.8, 4) is 10.6 Å². The molecule has 4 rings (SSSR count). The second-order valence-corrected chi connectivity index (χ2v) is 14.2. The van der Waals surface area contributed by atoms with Crippen molar-refractivity contribution in [2.24, 2.45) is 0 Å². The second-order valence-electron chi connectivity index (χ2n) is 7.81. The van der Waals surface area contributed by atoms with Crippen LogP contribution in [0, 0.1) is 5.82 Å². The van der Waals surface area contributed by atoms with Crippen LogP contribution in [-0.4, -0.2) is 30.0 Å². The fourth-order valence-corrected chi connectivity index (χ4v) is 6.99. The van der Waals surface area contributed by atoms with Gasteiger partial charge in [0.1, 0.15) is 22.2 Å². The van der Waals surface area contributed by atoms with Gasteiger partial charge in [-0.05, 0) is 31.0 Å². The van der Waals surface area contributed by atoms with Crippen LogP contribution in [0.3, 0.4) is 0 Å². The molecule has 0 radical (unpaired) electrons. The highest BCUT2D eigenvalue weighted by Gasteiger charge is 2.29. The van der Waals surface area contributed by atoms with E-state index in [0.29, 0.717) is 21.9 Å². The first kappa shape index (κ1) is 17.4. The van der Waals surface area contributed by atoms with Crippen LogP contribution in [0.5, 0.6) is 0 Å². The molecule has 0 aliphatic carbocycles. The monoisotopic (exact) mass is 387 g/mol. The lowest BCUT2D eigenvalue weighted by Gasteiger charge is -2.33. The molecule has 4 nitrogen and oxygen atoms in total. The van der Waals surface area contributed by atoms with Crippen LogP contribution in [-0.2, 0) is 0 Å². The number of hydrogen-bond donors (Lipinski definition) is 2. The number of aromatic amines is 1. The molecule has 0 spiro atoms. The number of amides is 1. The Morgan fingerprint density at radius 1 is 1.31 bits per heavy atom. The number of rotatable bonds is 3. The van der Waals surface area contributed by atoms with Crippen molar-refractivity contribution >= 4 is 35.7 Å². The zero-order valence-corrected chi connectivity index (χ0v) is 16.8. The van der Waals surface area contributed by atoms with Gasteiger partial charge in [-0.1, -0.05) is 37.3 Å². The highest BCUT2D eigenvalue weighted by Crippen LogP contribution is 2.32. The molecule has 7 heteroatoms. The standard InChI is InChI=1S/C19H22FN3OSSi/c1-26(2)9-7-12(8-10-26)21-18(24)15-11-16-17(22-15)23-19(25-16)13-5-3-4-6-14(13)20/h3-6,11-12,22H,7-10H2,1-2H3,(H,21,24). The van der Waals surface area contributed by atoms with E-state index in [1.807, 2.05) is 6.07 Å². The molecule has 0 bridgehead atoms. The Hall–Kier alpha value is -1.99. The number of benzene rings is 1. The van der Waals surface area contributed by atoms with Crippen LogP contribution >= 0.6 is 11.3 Å². The summed E-state index contributed by atoms with van der Waals surface area (Å²) >= 11 is 1.39. The molecule has 3 aromatic rings. The molecule has 1 fully saturated rings. The van der Waals surface area contributed by atoms with Gasteiger partial charge in [0.25, 0.3) is 5.91 Å². The largest absolute Gasteiger partial charge is 0.348 e. The summed E-state index contributed by atoms with van der Waals surface area (Å²) < 4.78 is 14.8. The molecule has 136 valence electrons. The lowest BCUT2D eigenvalue weighted by molar-refractivity contribution is 0.0929. The molecule has 0 saturated carbocycles. The summed E-state index contributed by atoms with van der Waals surface area (Å²) in [5, 5.41) is 3.77. The number of halogens is 1. The van der Waals surface area contributed by atoms with E-state index in [4.69, 9.17) is 0 Å². The van der Waals surface area contributed by atoms with Crippen LogP contribution in [0.25, 0.3) is 20.9 Å². The molecule has 0 unspecified atom stereocenters. The number of hydrogen-bond acceptors (Lipinski definition) is 3. The third-order valence-corrected chi connectivity index (χ3v) is 9.53. The fourth-order valence-electron chi connectivity index (χ4n) is 3.49. The first-order valence-electron chi connectivity index (χ1n) is 8.97. The Bertz CT molecular complexity index is 923. The zero-order valence-electron chi connectivity index (χ0n) is 14.9. The van der Waals surface area contributed by atoms with Gasteiger partial charge in [-0.3, -0.25) is 4.79 Å². The van der Waals surface area contributed by atoms with E-state index in [2.05, 4.69) is 28.4 Å². The first-order valence-corrected chi connectivity index (χ1v) is 13.2. The summed E-state index contributed by atoms with van der Waals surface area (Å²) in [5.74, 6) is -0.361. The number of H-pyrrole nitrogens is 1. The SMILES string of the molecule is C[Si]1(C)CCC(NC(=O)c2cc3sc(-c4ccccc4F)nc3[nH]2)CC1. The molecule has 1 amide bonds. The van der Waals surface area contributed by atoms with Crippen molar-refractivity contribution in [3.05, 3.63) is 41.8 Å². The van der Waals surface area contributed by atoms with Crippen LogP contribution in [0.4, 0.5) is 4.39 Å². The summed E-state index contributed by atoms with van der Waals surface area (Å²) in [7, 11) is -1.02. The Balaban J connectivity index is 1.49. The van der Waals surface area contributed by atoms with Gasteiger partial charge in [-0.15, -0.1) is 11.3 Å². The molecule has 2 N–H and O–H groups in total. The highest BCUT2D eigenvalue weighted by atomic mass is 32.1. The predicted molar refractivity (Wildman–Crippen MR) is 107 cm³/mol. The van der Waals surface area contributed by atoms with Gasteiger partial charge in [0.05, 0.1) is 4.70 Å². The number of carbonyl (C=O) groups excluding carboxylic acids is 1. The molecule has 1 aliphatic heterocycles. The average molecular weight is 388 g/mol. The molecule has 3 heterocycles. The van der Waals surface area contributed by atoms with E-state index in [1.165, 1.54) is 29.5 Å². The Morgan fingerprint density at radius 2 is 2.04 bits per heavy atom. The molecule has 1 saturated heterocycles. The first-order chi connectivity index (χ1) is 12.4. The van der Waals surface area contributed by atoms with Crippen LogP contribution in [0.2, 0.25) is 25.2 Å². The maximum atomic E-state index is 13.9. The van der Waals surface area contributed by atoms with E-state index in [0.717, 1.165) is 17.5 Å². The summed E-state index contributed by atoms with van der Waals surface area (Å²) in [6.45, 7) is 4.84. The Labute approximate surface area is 156 Å². The number of thiazole rings is 1. The normalized spacial score (nSPS) is 17.5. The van der Waals surface area contributed by atoms with E-state index >= 15 is 0 Å². The maximum Gasteiger partial charge on any atom is 0.268 e. The minimum absolute atomic E-state index is 0.0750. The summed E-state index contributed by atoms with van der Waals surface area (Å²) in [4.78, 5) is 20.1. The minimum Gasteiger partial charge on any atom is -0.348 e. The molecule has 1 aromatic carbocycles. The van der Waals surface area contributed by atoms with Crippen molar-refractivity contribution in [2.75, 3.05) is 0 Å². The molecular weight excluding hydrogens is 365 g/mol. The van der Waals surface area contributed by atoms with Gasteiger partial charge in [0.15, 0.2) is 0 Å². The smallest absolute Gasteiger partial charge is 0.268 e. The third kappa shape index (κ3) is 3.46. The lowest BCUT2D eigenvalue weighted by atomic mass is 10.1. The molecule has 26 heavy (non-hydrogen) atoms. The van der Waals surface area contributed by atoms with E-state index in [1.54, 1.807) is 18.2 Å². The fraction of sp³-hybridized carbons (Fsp3) is 0.368. The Morgan fingerprint density at radius 3 is 2.73 bits per heavy atom. The van der Waals surface area contributed by atoms with Crippen molar-refractivity contribution < 1.29 is 9.18 Å². The number of carbonyl (C=O) groups is 1. The average Bonchev–Trinajstić information content (AvgIpc) is 3.16. The van der Waals surface area contributed by atoms with Crippen molar-refractivity contribution in [3.63, 3.8) is 0 Å². The number of nitrogens with one attached hydrogen (secondary N) is 2. The molecule has 2 aromatic heterocycles. The molecular formula is C19H22FN3OSSi. The number of nitrogens with zero attached hydrogens (tertiary/aromatic N) is 1. The van der Waals surface area contributed by atoms with Gasteiger partial charge in [-0.25, -0.2) is 9.37 Å². The lowest BCUT2D eigenvalue weighted by Crippen LogP contribution is -2.42. The van der Waals surface area contributed by atoms with E-state index in [9.17, 15) is 9.18 Å². The summed E-state index contributed by atoms with van der Waals surface area (Å²) in [6.07, 6.45) is 2.16. The van der Waals surface area contributed by atoms with Crippen LogP contribution < -0.4 is 5.32 Å². The van der Waals surface area contributed by atoms with Crippen molar-refractivity contribution in [1.82, 2.24) is 15.3 Å². The highest BCUT2D eigenvalue weighted by molar-refractivity contribution is 7.21. The van der Waals surface area contributed by atoms with Gasteiger partial charge >= 0.3 is 0 Å². The van der Waals surface area contributed by atoms with Crippen LogP contribution in [0.1, 0.15) is 23.3 Å². The van der Waals surface area contributed by atoms with Crippen molar-refractivity contribution in [2.45, 2.75) is 44.1 Å². The molecule has 0 atom stereocenters. The topological polar surface area (TPSA) is 57.8 Å². The second kappa shape index (κ2) is 6.63. The van der Waals surface area contributed by atoms with Crippen LogP contribution in [0.15, 0.2) is 30.3 Å². The van der Waals surface area contributed by atoms with Gasteiger partial charge < -0.3 is 10.3 Å². The maximum absolute atomic E-state index is 13.9. The van der Waals surface area contributed by atoms with E-state index < -0.39 is 8.07 Å². The third-order valence-electron chi connectivity index (χ3n) is 5.21. The quantitative estimate of drug-likeness (QED) is 0.619. The van der Waals surface area contributed by atoms with Crippen molar-refractivity contribution in [1.29, 1.82) is 0 Å². The van der Waals surface area contributed by atoms with E-state index in [-0.39, 0.29) is 17.8 Å². The Kier molecular flexibility index (Phi) is 4.44. The number of aromatic nitrogens is 2. The minimum atomic E-state index is -1.02. The zero-order chi connectivity index (χ0) is 18.3. The van der Waals surface area contributed by atoms with Gasteiger partial charge in [0.2, 0.25) is 0 Å². The molecule has 1 aliphatic rings. The number of fused-ring (bicyclic) bond motifs is 1. The van der Waals surface area contributed by atoms with Gasteiger partial charge in [0, 0.05) is 19.7 Å². The van der Waals surface area contributed by atoms with Gasteiger partial charge in [-0.2, -0.15) is 0 Å². The summed E-state index contributed by atoms with van der Waals surface area (Å²) in [5.41, 5.74) is 1.65.